The third kappa shape index (κ3) is 5.19. The molecule has 1 aliphatic rings. The van der Waals surface area contributed by atoms with E-state index in [0.717, 1.165) is 5.56 Å². The van der Waals surface area contributed by atoms with E-state index in [1.807, 2.05) is 32.9 Å². The van der Waals surface area contributed by atoms with Gasteiger partial charge in [-0.15, -0.1) is 0 Å². The van der Waals surface area contributed by atoms with Crippen LogP contribution in [0.4, 0.5) is 0 Å². The summed E-state index contributed by atoms with van der Waals surface area (Å²) in [5.41, 5.74) is 1.43. The van der Waals surface area contributed by atoms with Crippen molar-refractivity contribution in [3.05, 3.63) is 53.6 Å². The van der Waals surface area contributed by atoms with Crippen LogP contribution in [0.5, 0.6) is 17.2 Å². The lowest BCUT2D eigenvalue weighted by atomic mass is 10.0. The minimum Gasteiger partial charge on any atom is -0.492 e. The molecule has 2 N–H and O–H groups in total. The van der Waals surface area contributed by atoms with Crippen LogP contribution >= 0.6 is 0 Å². The van der Waals surface area contributed by atoms with Crippen molar-refractivity contribution in [3.8, 4) is 17.2 Å². The molecule has 1 heterocycles. The maximum Gasteiger partial charge on any atom is 0.252 e. The third-order valence-electron chi connectivity index (χ3n) is 4.64. The van der Waals surface area contributed by atoms with Crippen molar-refractivity contribution in [2.75, 3.05) is 19.9 Å². The number of ether oxygens (including phenoxy) is 3. The zero-order chi connectivity index (χ0) is 20.8. The fourth-order valence-electron chi connectivity index (χ4n) is 3.00. The van der Waals surface area contributed by atoms with Crippen molar-refractivity contribution >= 4 is 11.8 Å². The van der Waals surface area contributed by atoms with E-state index in [1.54, 1.807) is 30.3 Å². The predicted molar refractivity (Wildman–Crippen MR) is 108 cm³/mol. The van der Waals surface area contributed by atoms with Crippen LogP contribution in [0.3, 0.4) is 0 Å². The number of hydrogen-bond acceptors (Lipinski definition) is 5. The molecule has 1 atom stereocenters. The number of aryl methyl sites for hydroxylation is 1. The van der Waals surface area contributed by atoms with Gasteiger partial charge in [-0.2, -0.15) is 0 Å². The number of nitrogens with one attached hydrogen (secondary N) is 2. The average molecular weight is 398 g/mol. The van der Waals surface area contributed by atoms with Gasteiger partial charge in [0, 0.05) is 11.6 Å². The van der Waals surface area contributed by atoms with Gasteiger partial charge in [-0.05, 0) is 36.6 Å². The van der Waals surface area contributed by atoms with Gasteiger partial charge in [0.05, 0.1) is 6.54 Å². The Hall–Kier alpha value is -3.22. The minimum absolute atomic E-state index is 0.0576. The monoisotopic (exact) mass is 398 g/mol. The number of carbonyl (C=O) groups excluding carboxylic acids is 2. The minimum atomic E-state index is -0.632. The number of benzene rings is 2. The SMILES string of the molecule is Cc1ccccc1C(=O)NC(C(=O)NCCOc1ccc2c(c1)OCO2)C(C)C. The molecule has 154 valence electrons. The van der Waals surface area contributed by atoms with Crippen molar-refractivity contribution < 1.29 is 23.8 Å². The lowest BCUT2D eigenvalue weighted by Gasteiger charge is -2.22. The first-order valence-corrected chi connectivity index (χ1v) is 9.62. The smallest absolute Gasteiger partial charge is 0.252 e. The average Bonchev–Trinajstić information content (AvgIpc) is 3.17. The summed E-state index contributed by atoms with van der Waals surface area (Å²) in [6.45, 7) is 6.47. The van der Waals surface area contributed by atoms with Crippen molar-refractivity contribution in [2.45, 2.75) is 26.8 Å². The Labute approximate surface area is 170 Å². The number of fused-ring (bicyclic) bond motifs is 1. The molecule has 0 aromatic heterocycles. The summed E-state index contributed by atoms with van der Waals surface area (Å²) in [4.78, 5) is 25.1. The molecule has 0 radical (unpaired) electrons. The van der Waals surface area contributed by atoms with Gasteiger partial charge >= 0.3 is 0 Å². The molecule has 3 rings (SSSR count). The van der Waals surface area contributed by atoms with E-state index >= 15 is 0 Å². The summed E-state index contributed by atoms with van der Waals surface area (Å²) in [7, 11) is 0. The molecule has 0 saturated heterocycles. The maximum absolute atomic E-state index is 12.6. The van der Waals surface area contributed by atoms with E-state index in [1.165, 1.54) is 0 Å². The Morgan fingerprint density at radius 3 is 2.62 bits per heavy atom. The number of carbonyl (C=O) groups is 2. The van der Waals surface area contributed by atoms with Crippen LogP contribution in [0.1, 0.15) is 29.8 Å². The highest BCUT2D eigenvalue weighted by molar-refractivity contribution is 5.98. The lowest BCUT2D eigenvalue weighted by Crippen LogP contribution is -2.50. The Morgan fingerprint density at radius 1 is 1.10 bits per heavy atom. The zero-order valence-electron chi connectivity index (χ0n) is 16.9. The Balaban J connectivity index is 1.49. The predicted octanol–water partition coefficient (Wildman–Crippen LogP) is 2.67. The maximum atomic E-state index is 12.6. The van der Waals surface area contributed by atoms with Gasteiger partial charge < -0.3 is 24.8 Å². The van der Waals surface area contributed by atoms with Crippen LogP contribution in [0, 0.1) is 12.8 Å². The summed E-state index contributed by atoms with van der Waals surface area (Å²) < 4.78 is 16.2. The van der Waals surface area contributed by atoms with Crippen molar-refractivity contribution in [1.82, 2.24) is 10.6 Å². The summed E-state index contributed by atoms with van der Waals surface area (Å²) in [5, 5.41) is 5.66. The molecule has 1 aliphatic heterocycles. The van der Waals surface area contributed by atoms with E-state index in [9.17, 15) is 9.59 Å². The Kier molecular flexibility index (Phi) is 6.59. The van der Waals surface area contributed by atoms with Crippen LogP contribution in [-0.4, -0.2) is 37.8 Å². The molecule has 0 fully saturated rings. The molecule has 29 heavy (non-hydrogen) atoms. The van der Waals surface area contributed by atoms with E-state index in [0.29, 0.717) is 36.0 Å². The van der Waals surface area contributed by atoms with Gasteiger partial charge in [0.1, 0.15) is 18.4 Å². The molecule has 0 aliphatic carbocycles. The second-order valence-corrected chi connectivity index (χ2v) is 7.16. The molecule has 2 aromatic rings. The molecule has 0 spiro atoms. The first kappa shape index (κ1) is 20.5. The van der Waals surface area contributed by atoms with Crippen molar-refractivity contribution in [3.63, 3.8) is 0 Å². The first-order chi connectivity index (χ1) is 14.0. The van der Waals surface area contributed by atoms with E-state index in [4.69, 9.17) is 14.2 Å². The lowest BCUT2D eigenvalue weighted by molar-refractivity contribution is -0.124. The highest BCUT2D eigenvalue weighted by atomic mass is 16.7. The van der Waals surface area contributed by atoms with Gasteiger partial charge in [0.25, 0.3) is 5.91 Å². The van der Waals surface area contributed by atoms with Crippen molar-refractivity contribution in [1.29, 1.82) is 0 Å². The summed E-state index contributed by atoms with van der Waals surface area (Å²) in [6.07, 6.45) is 0. The normalized spacial score (nSPS) is 13.1. The van der Waals surface area contributed by atoms with Gasteiger partial charge in [-0.1, -0.05) is 32.0 Å². The van der Waals surface area contributed by atoms with Crippen LogP contribution in [0.25, 0.3) is 0 Å². The molecule has 1 unspecified atom stereocenters. The highest BCUT2D eigenvalue weighted by Crippen LogP contribution is 2.34. The largest absolute Gasteiger partial charge is 0.492 e. The molecule has 7 nitrogen and oxygen atoms in total. The molecule has 2 amide bonds. The van der Waals surface area contributed by atoms with Crippen LogP contribution in [-0.2, 0) is 4.79 Å². The molecule has 7 heteroatoms. The fraction of sp³-hybridized carbons (Fsp3) is 0.364. The summed E-state index contributed by atoms with van der Waals surface area (Å²) in [6, 6.07) is 12.0. The standard InChI is InChI=1S/C22H26N2O5/c1-14(2)20(24-21(25)17-7-5-4-6-15(17)3)22(26)23-10-11-27-16-8-9-18-19(12-16)29-13-28-18/h4-9,12,14,20H,10-11,13H2,1-3H3,(H,23,26)(H,24,25). The number of amides is 2. The summed E-state index contributed by atoms with van der Waals surface area (Å²) >= 11 is 0. The van der Waals surface area contributed by atoms with E-state index in [2.05, 4.69) is 10.6 Å². The third-order valence-corrected chi connectivity index (χ3v) is 4.64. The topological polar surface area (TPSA) is 85.9 Å². The van der Waals surface area contributed by atoms with E-state index < -0.39 is 6.04 Å². The molecule has 0 bridgehead atoms. The highest BCUT2D eigenvalue weighted by Gasteiger charge is 2.25. The molecule has 0 saturated carbocycles. The summed E-state index contributed by atoms with van der Waals surface area (Å²) in [5.74, 6) is 1.42. The van der Waals surface area contributed by atoms with Crippen LogP contribution < -0.4 is 24.8 Å². The second kappa shape index (κ2) is 9.32. The van der Waals surface area contributed by atoms with Crippen molar-refractivity contribution in [2.24, 2.45) is 5.92 Å². The molecular weight excluding hydrogens is 372 g/mol. The number of rotatable bonds is 8. The Bertz CT molecular complexity index is 881. The van der Waals surface area contributed by atoms with Gasteiger partial charge in [0.2, 0.25) is 12.7 Å². The molecule has 2 aromatic carbocycles. The van der Waals surface area contributed by atoms with Gasteiger partial charge in [0.15, 0.2) is 11.5 Å². The number of hydrogen-bond donors (Lipinski definition) is 2. The van der Waals surface area contributed by atoms with Crippen LogP contribution in [0.15, 0.2) is 42.5 Å². The van der Waals surface area contributed by atoms with Gasteiger partial charge in [-0.3, -0.25) is 9.59 Å². The zero-order valence-corrected chi connectivity index (χ0v) is 16.9. The Morgan fingerprint density at radius 2 is 1.86 bits per heavy atom. The quantitative estimate of drug-likeness (QED) is 0.668. The van der Waals surface area contributed by atoms with Crippen LogP contribution in [0.2, 0.25) is 0 Å². The first-order valence-electron chi connectivity index (χ1n) is 9.62. The van der Waals surface area contributed by atoms with E-state index in [-0.39, 0.29) is 24.5 Å². The fourth-order valence-corrected chi connectivity index (χ4v) is 3.00. The second-order valence-electron chi connectivity index (χ2n) is 7.16. The van der Waals surface area contributed by atoms with Gasteiger partial charge in [-0.25, -0.2) is 0 Å². The molecular formula is C22H26N2O5.